The first kappa shape index (κ1) is 24.5. The molecule has 0 aliphatic rings. The molecule has 0 bridgehead atoms. The molecule has 2 N–H and O–H groups in total. The van der Waals surface area contributed by atoms with E-state index >= 15 is 0 Å². The summed E-state index contributed by atoms with van der Waals surface area (Å²) in [5.41, 5.74) is -1.54. The van der Waals surface area contributed by atoms with E-state index in [-0.39, 0.29) is 12.1 Å². The minimum absolute atomic E-state index is 0.280. The van der Waals surface area contributed by atoms with Crippen LogP contribution in [-0.2, 0) is 11.0 Å². The van der Waals surface area contributed by atoms with Crippen molar-refractivity contribution in [3.05, 3.63) is 77.6 Å². The van der Waals surface area contributed by atoms with E-state index in [1.165, 1.54) is 24.3 Å². The number of ether oxygens (including phenoxy) is 1. The maximum absolute atomic E-state index is 13.5. The predicted molar refractivity (Wildman–Crippen MR) is 116 cm³/mol. The van der Waals surface area contributed by atoms with Crippen LogP contribution in [-0.4, -0.2) is 47.1 Å². The van der Waals surface area contributed by atoms with E-state index < -0.39 is 35.3 Å². The van der Waals surface area contributed by atoms with Crippen LogP contribution in [0.15, 0.2) is 60.8 Å². The molecule has 0 saturated carbocycles. The van der Waals surface area contributed by atoms with Gasteiger partial charge in [0.25, 0.3) is 11.8 Å². The molecule has 3 aromatic rings. The number of rotatable bonds is 9. The molecule has 0 aliphatic heterocycles. The molecule has 1 atom stereocenters. The smallest absolute Gasteiger partial charge is 0.435 e. The molecule has 0 unspecified atom stereocenters. The lowest BCUT2D eigenvalue weighted by Crippen LogP contribution is -2.45. The van der Waals surface area contributed by atoms with E-state index in [1.54, 1.807) is 30.3 Å². The summed E-state index contributed by atoms with van der Waals surface area (Å²) in [6.07, 6.45) is -3.63. The number of aldehydes is 1. The summed E-state index contributed by atoms with van der Waals surface area (Å²) in [4.78, 5) is 36.3. The monoisotopic (exact) mass is 474 g/mol. The Morgan fingerprint density at radius 1 is 1.09 bits per heavy atom. The SMILES string of the molecule is CCOc1ccc(C(=O)NC[C@H](C=O)NC(=O)c2cn(-c3ccccc3)nc2C(F)(F)F)cc1. The third-order valence-corrected chi connectivity index (χ3v) is 4.64. The molecule has 2 aromatic carbocycles. The minimum atomic E-state index is -4.90. The Morgan fingerprint density at radius 3 is 2.35 bits per heavy atom. The Bertz CT molecular complexity index is 1150. The van der Waals surface area contributed by atoms with E-state index in [4.69, 9.17) is 4.74 Å². The fourth-order valence-electron chi connectivity index (χ4n) is 3.02. The molecular weight excluding hydrogens is 453 g/mol. The second kappa shape index (κ2) is 10.6. The molecular formula is C23H21F3N4O4. The molecule has 11 heteroatoms. The average Bonchev–Trinajstić information content (AvgIpc) is 3.29. The number of nitrogens with one attached hydrogen (secondary N) is 2. The lowest BCUT2D eigenvalue weighted by atomic mass is 10.2. The Balaban J connectivity index is 1.70. The molecule has 178 valence electrons. The van der Waals surface area contributed by atoms with Gasteiger partial charge >= 0.3 is 6.18 Å². The van der Waals surface area contributed by atoms with Crippen molar-refractivity contribution in [2.24, 2.45) is 0 Å². The van der Waals surface area contributed by atoms with Crippen LogP contribution in [0.2, 0.25) is 0 Å². The second-order valence-corrected chi connectivity index (χ2v) is 7.05. The van der Waals surface area contributed by atoms with Gasteiger partial charge < -0.3 is 20.2 Å². The van der Waals surface area contributed by atoms with E-state index in [9.17, 15) is 27.6 Å². The zero-order valence-corrected chi connectivity index (χ0v) is 18.0. The molecule has 1 heterocycles. The maximum atomic E-state index is 13.5. The molecule has 0 fully saturated rings. The Morgan fingerprint density at radius 2 is 1.76 bits per heavy atom. The minimum Gasteiger partial charge on any atom is -0.494 e. The van der Waals surface area contributed by atoms with Gasteiger partial charge in [0.05, 0.1) is 17.9 Å². The van der Waals surface area contributed by atoms with Crippen molar-refractivity contribution in [3.8, 4) is 11.4 Å². The number of amides is 2. The molecule has 8 nitrogen and oxygen atoms in total. The van der Waals surface area contributed by atoms with Crippen LogP contribution in [0.3, 0.4) is 0 Å². The Labute approximate surface area is 192 Å². The molecule has 0 saturated heterocycles. The number of halogens is 3. The summed E-state index contributed by atoms with van der Waals surface area (Å²) in [7, 11) is 0. The van der Waals surface area contributed by atoms with Crippen molar-refractivity contribution >= 4 is 18.1 Å². The molecule has 0 aliphatic carbocycles. The van der Waals surface area contributed by atoms with Crippen molar-refractivity contribution < 1.29 is 32.3 Å². The molecule has 3 rings (SSSR count). The fourth-order valence-corrected chi connectivity index (χ4v) is 3.02. The van der Waals surface area contributed by atoms with Crippen LogP contribution < -0.4 is 15.4 Å². The van der Waals surface area contributed by atoms with Gasteiger partial charge in [0.2, 0.25) is 0 Å². The standard InChI is InChI=1S/C23H21F3N4O4/c1-2-34-18-10-8-15(9-11-18)21(32)27-12-16(14-31)28-22(33)19-13-30(17-6-4-3-5-7-17)29-20(19)23(24,25)26/h3-11,13-14,16H,2,12H2,1H3,(H,27,32)(H,28,33)/t16-/m1/s1. The zero-order chi connectivity index (χ0) is 24.7. The summed E-state index contributed by atoms with van der Waals surface area (Å²) in [6, 6.07) is 12.9. The number of benzene rings is 2. The van der Waals surface area contributed by atoms with Gasteiger partial charge in [-0.05, 0) is 43.3 Å². The van der Waals surface area contributed by atoms with Gasteiger partial charge in [-0.3, -0.25) is 9.59 Å². The number of carbonyl (C=O) groups excluding carboxylic acids is 3. The van der Waals surface area contributed by atoms with Gasteiger partial charge in [-0.2, -0.15) is 18.3 Å². The molecule has 0 spiro atoms. The Hall–Kier alpha value is -4.15. The van der Waals surface area contributed by atoms with Crippen LogP contribution in [0.4, 0.5) is 13.2 Å². The van der Waals surface area contributed by atoms with Gasteiger partial charge in [-0.25, -0.2) is 4.68 Å². The highest BCUT2D eigenvalue weighted by Gasteiger charge is 2.39. The first-order chi connectivity index (χ1) is 16.2. The van der Waals surface area contributed by atoms with Crippen LogP contribution in [0.25, 0.3) is 5.69 Å². The van der Waals surface area contributed by atoms with Gasteiger partial charge in [-0.15, -0.1) is 0 Å². The molecule has 2 amide bonds. The average molecular weight is 474 g/mol. The van der Waals surface area contributed by atoms with E-state index in [2.05, 4.69) is 15.7 Å². The largest absolute Gasteiger partial charge is 0.494 e. The fraction of sp³-hybridized carbons (Fsp3) is 0.217. The normalized spacial score (nSPS) is 12.0. The highest BCUT2D eigenvalue weighted by atomic mass is 19.4. The van der Waals surface area contributed by atoms with Crippen molar-refractivity contribution in [1.82, 2.24) is 20.4 Å². The number of nitrogens with zero attached hydrogens (tertiary/aromatic N) is 2. The third-order valence-electron chi connectivity index (χ3n) is 4.64. The molecule has 1 aromatic heterocycles. The number of aromatic nitrogens is 2. The number of para-hydroxylation sites is 1. The van der Waals surface area contributed by atoms with Gasteiger partial charge in [0.15, 0.2) is 5.69 Å². The van der Waals surface area contributed by atoms with Gasteiger partial charge in [0.1, 0.15) is 18.1 Å². The zero-order valence-electron chi connectivity index (χ0n) is 18.0. The van der Waals surface area contributed by atoms with Crippen molar-refractivity contribution in [2.75, 3.05) is 13.2 Å². The van der Waals surface area contributed by atoms with Crippen LogP contribution in [0.5, 0.6) is 5.75 Å². The molecule has 34 heavy (non-hydrogen) atoms. The van der Waals surface area contributed by atoms with E-state index in [0.29, 0.717) is 24.3 Å². The van der Waals surface area contributed by atoms with Gasteiger partial charge in [0, 0.05) is 18.3 Å². The summed E-state index contributed by atoms with van der Waals surface area (Å²) in [6.45, 7) is 1.96. The molecule has 0 radical (unpaired) electrons. The number of hydrogen-bond donors (Lipinski definition) is 2. The number of alkyl halides is 3. The van der Waals surface area contributed by atoms with E-state index in [1.807, 2.05) is 6.92 Å². The number of carbonyl (C=O) groups is 3. The summed E-state index contributed by atoms with van der Waals surface area (Å²) in [5.74, 6) is -1.10. The van der Waals surface area contributed by atoms with Crippen molar-refractivity contribution in [3.63, 3.8) is 0 Å². The van der Waals surface area contributed by atoms with Crippen LogP contribution in [0, 0.1) is 0 Å². The summed E-state index contributed by atoms with van der Waals surface area (Å²) >= 11 is 0. The Kier molecular flexibility index (Phi) is 7.67. The highest BCUT2D eigenvalue weighted by Crippen LogP contribution is 2.31. The first-order valence-electron chi connectivity index (χ1n) is 10.2. The number of hydrogen-bond acceptors (Lipinski definition) is 5. The lowest BCUT2D eigenvalue weighted by molar-refractivity contribution is -0.141. The first-order valence-corrected chi connectivity index (χ1v) is 10.2. The highest BCUT2D eigenvalue weighted by molar-refractivity contribution is 5.97. The predicted octanol–water partition coefficient (Wildman–Crippen LogP) is 3.02. The lowest BCUT2D eigenvalue weighted by Gasteiger charge is -2.14. The topological polar surface area (TPSA) is 102 Å². The third kappa shape index (κ3) is 6.00. The van der Waals surface area contributed by atoms with Crippen LogP contribution in [0.1, 0.15) is 33.3 Å². The van der Waals surface area contributed by atoms with Gasteiger partial charge in [-0.1, -0.05) is 18.2 Å². The van der Waals surface area contributed by atoms with Crippen LogP contribution >= 0.6 is 0 Å². The van der Waals surface area contributed by atoms with E-state index in [0.717, 1.165) is 10.9 Å². The maximum Gasteiger partial charge on any atom is 0.435 e. The summed E-state index contributed by atoms with van der Waals surface area (Å²) in [5, 5.41) is 8.17. The quantitative estimate of drug-likeness (QED) is 0.464. The summed E-state index contributed by atoms with van der Waals surface area (Å²) < 4.78 is 46.7. The second-order valence-electron chi connectivity index (χ2n) is 7.05. The van der Waals surface area contributed by atoms with Crippen molar-refractivity contribution in [1.29, 1.82) is 0 Å². The van der Waals surface area contributed by atoms with Crippen molar-refractivity contribution in [2.45, 2.75) is 19.1 Å².